The molecule has 1 aliphatic heterocycles. The number of aliphatic hydroxyl groups is 2. The van der Waals surface area contributed by atoms with Crippen LogP contribution in [0.15, 0.2) is 24.3 Å². The number of rotatable bonds is 5. The Labute approximate surface area is 112 Å². The van der Waals surface area contributed by atoms with Crippen molar-refractivity contribution in [3.05, 3.63) is 34.9 Å². The van der Waals surface area contributed by atoms with E-state index in [9.17, 15) is 10.2 Å². The van der Waals surface area contributed by atoms with Crippen molar-refractivity contribution in [2.45, 2.75) is 30.8 Å². The van der Waals surface area contributed by atoms with Crippen molar-refractivity contribution in [3.8, 4) is 0 Å². The van der Waals surface area contributed by atoms with E-state index in [2.05, 4.69) is 0 Å². The Kier molecular flexibility index (Phi) is 4.62. The van der Waals surface area contributed by atoms with Gasteiger partial charge in [-0.1, -0.05) is 23.7 Å². The van der Waals surface area contributed by atoms with Gasteiger partial charge in [-0.15, -0.1) is 0 Å². The van der Waals surface area contributed by atoms with Gasteiger partial charge in [-0.3, -0.25) is 0 Å². The number of ether oxygens (including phenoxy) is 1. The third-order valence-corrected chi connectivity index (χ3v) is 3.92. The molecule has 0 saturated carbocycles. The maximum Gasteiger partial charge on any atom is 0.0586 e. The van der Waals surface area contributed by atoms with E-state index < -0.39 is 5.41 Å². The lowest BCUT2D eigenvalue weighted by Crippen LogP contribution is -2.38. The van der Waals surface area contributed by atoms with E-state index in [4.69, 9.17) is 16.3 Å². The maximum absolute atomic E-state index is 9.72. The minimum Gasteiger partial charge on any atom is -0.395 e. The van der Waals surface area contributed by atoms with Crippen LogP contribution in [0, 0.1) is 0 Å². The van der Waals surface area contributed by atoms with Crippen LogP contribution in [0.25, 0.3) is 0 Å². The molecule has 1 aliphatic rings. The number of hydrogen-bond donors (Lipinski definition) is 2. The van der Waals surface area contributed by atoms with Gasteiger partial charge in [0.15, 0.2) is 0 Å². The van der Waals surface area contributed by atoms with Crippen LogP contribution in [0.2, 0.25) is 5.02 Å². The first-order chi connectivity index (χ1) is 8.70. The highest BCUT2D eigenvalue weighted by Gasteiger charge is 2.35. The van der Waals surface area contributed by atoms with Gasteiger partial charge in [-0.25, -0.2) is 0 Å². The Morgan fingerprint density at radius 2 is 2.11 bits per heavy atom. The molecule has 100 valence electrons. The maximum atomic E-state index is 9.72. The van der Waals surface area contributed by atoms with Gasteiger partial charge in [-0.05, 0) is 37.0 Å². The highest BCUT2D eigenvalue weighted by molar-refractivity contribution is 6.30. The lowest BCUT2D eigenvalue weighted by Gasteiger charge is -2.32. The smallest absolute Gasteiger partial charge is 0.0586 e. The van der Waals surface area contributed by atoms with Crippen molar-refractivity contribution < 1.29 is 14.9 Å². The fourth-order valence-electron chi connectivity index (χ4n) is 2.54. The van der Waals surface area contributed by atoms with Gasteiger partial charge in [0, 0.05) is 17.0 Å². The summed E-state index contributed by atoms with van der Waals surface area (Å²) in [6.45, 7) is 0.556. The number of halogens is 1. The molecule has 1 aromatic rings. The summed E-state index contributed by atoms with van der Waals surface area (Å²) in [4.78, 5) is 0. The van der Waals surface area contributed by atoms with Gasteiger partial charge >= 0.3 is 0 Å². The first kappa shape index (κ1) is 13.8. The van der Waals surface area contributed by atoms with E-state index >= 15 is 0 Å². The van der Waals surface area contributed by atoms with Gasteiger partial charge in [0.05, 0.1) is 19.3 Å². The van der Waals surface area contributed by atoms with E-state index in [0.29, 0.717) is 11.4 Å². The number of hydrogen-bond acceptors (Lipinski definition) is 3. The summed E-state index contributed by atoms with van der Waals surface area (Å²) < 4.78 is 5.61. The molecule has 3 nitrogen and oxygen atoms in total. The lowest BCUT2D eigenvalue weighted by molar-refractivity contribution is 0.0389. The third-order valence-electron chi connectivity index (χ3n) is 3.68. The molecule has 1 heterocycles. The highest BCUT2D eigenvalue weighted by Crippen LogP contribution is 2.33. The Hall–Kier alpha value is -0.610. The van der Waals surface area contributed by atoms with Crippen LogP contribution in [-0.4, -0.2) is 36.1 Å². The molecule has 1 fully saturated rings. The monoisotopic (exact) mass is 270 g/mol. The van der Waals surface area contributed by atoms with Crippen molar-refractivity contribution in [2.24, 2.45) is 0 Å². The van der Waals surface area contributed by atoms with E-state index in [1.165, 1.54) is 0 Å². The molecule has 1 saturated heterocycles. The van der Waals surface area contributed by atoms with E-state index in [-0.39, 0.29) is 19.3 Å². The molecule has 0 aromatic heterocycles. The van der Waals surface area contributed by atoms with Crippen molar-refractivity contribution in [1.29, 1.82) is 0 Å². The van der Waals surface area contributed by atoms with Crippen LogP contribution in [0.4, 0.5) is 0 Å². The molecule has 1 unspecified atom stereocenters. The average molecular weight is 271 g/mol. The van der Waals surface area contributed by atoms with Crippen LogP contribution in [0.3, 0.4) is 0 Å². The van der Waals surface area contributed by atoms with Crippen LogP contribution in [0.1, 0.15) is 24.8 Å². The molecule has 0 radical (unpaired) electrons. The molecule has 0 amide bonds. The molecule has 0 spiro atoms. The van der Waals surface area contributed by atoms with E-state index in [1.54, 1.807) is 6.07 Å². The molecular formula is C14H19ClO3. The predicted octanol–water partition coefficient (Wildman–Crippen LogP) is 2.13. The van der Waals surface area contributed by atoms with Crippen LogP contribution < -0.4 is 0 Å². The van der Waals surface area contributed by atoms with Gasteiger partial charge in [0.1, 0.15) is 0 Å². The van der Waals surface area contributed by atoms with Crippen LogP contribution in [0.5, 0.6) is 0 Å². The first-order valence-electron chi connectivity index (χ1n) is 6.29. The first-order valence-corrected chi connectivity index (χ1v) is 6.67. The van der Waals surface area contributed by atoms with Crippen molar-refractivity contribution >= 4 is 11.6 Å². The summed E-state index contributed by atoms with van der Waals surface area (Å²) in [5.74, 6) is 0. The molecule has 2 N–H and O–H groups in total. The van der Waals surface area contributed by atoms with Gasteiger partial charge in [0.25, 0.3) is 0 Å². The molecule has 0 aliphatic carbocycles. The van der Waals surface area contributed by atoms with Gasteiger partial charge in [-0.2, -0.15) is 0 Å². The predicted molar refractivity (Wildman–Crippen MR) is 70.9 cm³/mol. The SMILES string of the molecule is OCC(CO)(CC1CCCO1)c1cccc(Cl)c1. The van der Waals surface area contributed by atoms with Gasteiger partial charge in [0.2, 0.25) is 0 Å². The highest BCUT2D eigenvalue weighted by atomic mass is 35.5. The zero-order valence-corrected chi connectivity index (χ0v) is 11.1. The Bertz CT molecular complexity index is 384. The minimum atomic E-state index is -0.667. The van der Waals surface area contributed by atoms with E-state index in [0.717, 1.165) is 25.0 Å². The van der Waals surface area contributed by atoms with Gasteiger partial charge < -0.3 is 14.9 Å². The average Bonchev–Trinajstić information content (AvgIpc) is 2.89. The van der Waals surface area contributed by atoms with Crippen LogP contribution in [-0.2, 0) is 10.2 Å². The summed E-state index contributed by atoms with van der Waals surface area (Å²) in [5, 5.41) is 20.1. The Morgan fingerprint density at radius 3 is 2.67 bits per heavy atom. The normalized spacial score (nSPS) is 20.3. The van der Waals surface area contributed by atoms with Crippen molar-refractivity contribution in [2.75, 3.05) is 19.8 Å². The minimum absolute atomic E-state index is 0.107. The second-order valence-corrected chi connectivity index (χ2v) is 5.38. The Balaban J connectivity index is 2.24. The van der Waals surface area contributed by atoms with Crippen LogP contribution >= 0.6 is 11.6 Å². The second kappa shape index (κ2) is 6.02. The topological polar surface area (TPSA) is 49.7 Å². The summed E-state index contributed by atoms with van der Waals surface area (Å²) in [6, 6.07) is 7.33. The zero-order valence-electron chi connectivity index (χ0n) is 10.3. The van der Waals surface area contributed by atoms with Crippen molar-refractivity contribution in [1.82, 2.24) is 0 Å². The fraction of sp³-hybridized carbons (Fsp3) is 0.571. The summed E-state index contributed by atoms with van der Waals surface area (Å²) in [5.41, 5.74) is 0.204. The summed E-state index contributed by atoms with van der Waals surface area (Å²) >= 11 is 5.99. The number of aliphatic hydroxyl groups excluding tert-OH is 2. The lowest BCUT2D eigenvalue weighted by atomic mass is 9.77. The standard InChI is InChI=1S/C14H19ClO3/c15-12-4-1-3-11(7-12)14(9-16,10-17)8-13-5-2-6-18-13/h1,3-4,7,13,16-17H,2,5-6,8-10H2. The van der Waals surface area contributed by atoms with Crippen molar-refractivity contribution in [3.63, 3.8) is 0 Å². The molecule has 1 atom stereocenters. The molecular weight excluding hydrogens is 252 g/mol. The summed E-state index contributed by atoms with van der Waals surface area (Å²) in [6.07, 6.45) is 2.78. The number of benzene rings is 1. The molecule has 2 rings (SSSR count). The molecule has 4 heteroatoms. The largest absolute Gasteiger partial charge is 0.395 e. The zero-order chi connectivity index (χ0) is 13.0. The molecule has 18 heavy (non-hydrogen) atoms. The third kappa shape index (κ3) is 2.86. The molecule has 1 aromatic carbocycles. The summed E-state index contributed by atoms with van der Waals surface area (Å²) in [7, 11) is 0. The van der Waals surface area contributed by atoms with E-state index in [1.807, 2.05) is 18.2 Å². The quantitative estimate of drug-likeness (QED) is 0.862. The fourth-order valence-corrected chi connectivity index (χ4v) is 2.73. The second-order valence-electron chi connectivity index (χ2n) is 4.95. The Morgan fingerprint density at radius 1 is 1.33 bits per heavy atom. The molecule has 0 bridgehead atoms.